The van der Waals surface area contributed by atoms with Crippen LogP contribution in [-0.4, -0.2) is 14.3 Å². The van der Waals surface area contributed by atoms with E-state index in [1.54, 1.807) is 38.1 Å². The smallest absolute Gasteiger partial charge is 0.252 e. The van der Waals surface area contributed by atoms with Crippen LogP contribution in [-0.2, 0) is 16.6 Å². The largest absolute Gasteiger partial charge is 0.468 e. The van der Waals surface area contributed by atoms with Crippen molar-refractivity contribution in [2.45, 2.75) is 38.3 Å². The first kappa shape index (κ1) is 19.9. The molecule has 7 nitrogen and oxygen atoms in total. The molecule has 2 aromatic heterocycles. The summed E-state index contributed by atoms with van der Waals surface area (Å²) in [4.78, 5) is 12.7. The molecule has 0 saturated heterocycles. The van der Waals surface area contributed by atoms with Crippen LogP contribution in [0.15, 0.2) is 62.5 Å². The zero-order valence-electron chi connectivity index (χ0n) is 15.9. The third-order valence-electron chi connectivity index (χ3n) is 4.32. The molecule has 0 spiro atoms. The Balaban J connectivity index is 1.77. The van der Waals surface area contributed by atoms with Gasteiger partial charge in [0, 0.05) is 5.56 Å². The Hall–Kier alpha value is -2.84. The lowest BCUT2D eigenvalue weighted by Crippen LogP contribution is -2.28. The Bertz CT molecular complexity index is 1070. The van der Waals surface area contributed by atoms with Crippen molar-refractivity contribution >= 4 is 15.9 Å². The van der Waals surface area contributed by atoms with Crippen molar-refractivity contribution in [2.24, 2.45) is 0 Å². The van der Waals surface area contributed by atoms with E-state index in [0.29, 0.717) is 17.1 Å². The Morgan fingerprint density at radius 1 is 1.14 bits per heavy atom. The van der Waals surface area contributed by atoms with Crippen LogP contribution in [0, 0.1) is 13.8 Å². The van der Waals surface area contributed by atoms with Crippen LogP contribution in [0.5, 0.6) is 0 Å². The minimum Gasteiger partial charge on any atom is -0.468 e. The molecular weight excluding hydrogens is 380 g/mol. The number of sulfonamides is 1. The fourth-order valence-corrected chi connectivity index (χ4v) is 3.73. The van der Waals surface area contributed by atoms with Gasteiger partial charge < -0.3 is 14.2 Å². The number of carbonyl (C=O) groups is 1. The van der Waals surface area contributed by atoms with Gasteiger partial charge in [0.25, 0.3) is 5.91 Å². The van der Waals surface area contributed by atoms with Crippen LogP contribution in [0.2, 0.25) is 0 Å². The van der Waals surface area contributed by atoms with Crippen molar-refractivity contribution in [3.05, 3.63) is 77.1 Å². The molecular formula is C20H22N2O5S. The molecule has 1 atom stereocenters. The molecule has 0 bridgehead atoms. The summed E-state index contributed by atoms with van der Waals surface area (Å²) in [5.74, 6) is 1.51. The molecule has 3 aromatic rings. The highest BCUT2D eigenvalue weighted by molar-refractivity contribution is 7.89. The highest BCUT2D eigenvalue weighted by atomic mass is 32.2. The van der Waals surface area contributed by atoms with Crippen LogP contribution in [0.25, 0.3) is 0 Å². The maximum Gasteiger partial charge on any atom is 0.252 e. The predicted molar refractivity (Wildman–Crippen MR) is 103 cm³/mol. The number of benzene rings is 1. The van der Waals surface area contributed by atoms with Crippen LogP contribution in [0.3, 0.4) is 0 Å². The Labute approximate surface area is 163 Å². The maximum absolute atomic E-state index is 12.7. The first-order valence-corrected chi connectivity index (χ1v) is 10.2. The van der Waals surface area contributed by atoms with E-state index in [1.807, 2.05) is 13.0 Å². The van der Waals surface area contributed by atoms with Gasteiger partial charge in [-0.2, -0.15) is 0 Å². The highest BCUT2D eigenvalue weighted by Crippen LogP contribution is 2.19. The van der Waals surface area contributed by atoms with Gasteiger partial charge in [-0.15, -0.1) is 0 Å². The van der Waals surface area contributed by atoms with E-state index >= 15 is 0 Å². The standard InChI is InChI=1S/C20H22N2O5S/c1-13-6-8-17(28(24,25)21-12-16-5-4-10-26-16)11-18(13)20(23)22-15(3)19-9-7-14(2)27-19/h4-11,15,21H,12H2,1-3H3,(H,22,23). The number of furan rings is 2. The molecule has 0 aliphatic heterocycles. The fourth-order valence-electron chi connectivity index (χ4n) is 2.71. The average Bonchev–Trinajstić information content (AvgIpc) is 3.31. The summed E-state index contributed by atoms with van der Waals surface area (Å²) in [6.07, 6.45) is 1.47. The predicted octanol–water partition coefficient (Wildman–Crippen LogP) is 3.46. The van der Waals surface area contributed by atoms with Gasteiger partial charge in [-0.3, -0.25) is 4.79 Å². The second kappa shape index (κ2) is 8.04. The monoisotopic (exact) mass is 402 g/mol. The van der Waals surface area contributed by atoms with Crippen LogP contribution in [0.4, 0.5) is 0 Å². The second-order valence-electron chi connectivity index (χ2n) is 6.52. The zero-order chi connectivity index (χ0) is 20.3. The van der Waals surface area contributed by atoms with E-state index in [0.717, 1.165) is 5.76 Å². The van der Waals surface area contributed by atoms with Crippen molar-refractivity contribution in [3.8, 4) is 0 Å². The molecule has 0 saturated carbocycles. The highest BCUT2D eigenvalue weighted by Gasteiger charge is 2.20. The van der Waals surface area contributed by atoms with Gasteiger partial charge in [0.2, 0.25) is 10.0 Å². The van der Waals surface area contributed by atoms with Gasteiger partial charge >= 0.3 is 0 Å². The zero-order valence-corrected chi connectivity index (χ0v) is 16.7. The van der Waals surface area contributed by atoms with Crippen molar-refractivity contribution in [2.75, 3.05) is 0 Å². The van der Waals surface area contributed by atoms with Crippen molar-refractivity contribution in [1.82, 2.24) is 10.0 Å². The van der Waals surface area contributed by atoms with Gasteiger partial charge in [0.1, 0.15) is 17.3 Å². The lowest BCUT2D eigenvalue weighted by molar-refractivity contribution is 0.0934. The number of hydrogen-bond donors (Lipinski definition) is 2. The van der Waals surface area contributed by atoms with Crippen LogP contribution >= 0.6 is 0 Å². The summed E-state index contributed by atoms with van der Waals surface area (Å²) >= 11 is 0. The second-order valence-corrected chi connectivity index (χ2v) is 8.29. The Morgan fingerprint density at radius 3 is 2.57 bits per heavy atom. The minimum absolute atomic E-state index is 0.0105. The summed E-state index contributed by atoms with van der Waals surface area (Å²) in [7, 11) is -3.79. The van der Waals surface area contributed by atoms with Gasteiger partial charge in [0.15, 0.2) is 0 Å². The topological polar surface area (TPSA) is 102 Å². The van der Waals surface area contributed by atoms with E-state index in [9.17, 15) is 13.2 Å². The molecule has 0 aliphatic rings. The summed E-state index contributed by atoms with van der Waals surface area (Å²) in [6.45, 7) is 5.41. The molecule has 28 heavy (non-hydrogen) atoms. The SMILES string of the molecule is Cc1ccc(C(C)NC(=O)c2cc(S(=O)(=O)NCc3ccco3)ccc2C)o1. The maximum atomic E-state index is 12.7. The average molecular weight is 402 g/mol. The van der Waals surface area contributed by atoms with E-state index in [1.165, 1.54) is 18.4 Å². The number of carbonyl (C=O) groups excluding carboxylic acids is 1. The molecule has 8 heteroatoms. The number of aryl methyl sites for hydroxylation is 2. The molecule has 0 fully saturated rings. The molecule has 1 unspecified atom stereocenters. The van der Waals surface area contributed by atoms with E-state index in [2.05, 4.69) is 10.0 Å². The number of hydrogen-bond acceptors (Lipinski definition) is 5. The lowest BCUT2D eigenvalue weighted by atomic mass is 10.1. The van der Waals surface area contributed by atoms with Gasteiger partial charge in [0.05, 0.1) is 23.7 Å². The van der Waals surface area contributed by atoms with Gasteiger partial charge in [-0.1, -0.05) is 6.07 Å². The summed E-state index contributed by atoms with van der Waals surface area (Å²) in [5.41, 5.74) is 0.960. The third-order valence-corrected chi connectivity index (χ3v) is 5.71. The van der Waals surface area contributed by atoms with Gasteiger partial charge in [-0.25, -0.2) is 13.1 Å². The number of amides is 1. The fraction of sp³-hybridized carbons (Fsp3) is 0.250. The first-order chi connectivity index (χ1) is 13.3. The molecule has 1 amide bonds. The third kappa shape index (κ3) is 4.52. The molecule has 0 radical (unpaired) electrons. The first-order valence-electron chi connectivity index (χ1n) is 8.76. The van der Waals surface area contributed by atoms with E-state index in [4.69, 9.17) is 8.83 Å². The minimum atomic E-state index is -3.79. The van der Waals surface area contributed by atoms with Crippen LogP contribution in [0.1, 0.15) is 46.2 Å². The normalized spacial score (nSPS) is 12.7. The number of rotatable bonds is 7. The quantitative estimate of drug-likeness (QED) is 0.630. The molecule has 2 N–H and O–H groups in total. The summed E-state index contributed by atoms with van der Waals surface area (Å²) < 4.78 is 38.2. The molecule has 3 rings (SSSR count). The van der Waals surface area contributed by atoms with Crippen molar-refractivity contribution < 1.29 is 22.0 Å². The van der Waals surface area contributed by atoms with Crippen LogP contribution < -0.4 is 10.0 Å². The lowest BCUT2D eigenvalue weighted by Gasteiger charge is -2.14. The Kier molecular flexibility index (Phi) is 5.71. The molecule has 0 aliphatic carbocycles. The van der Waals surface area contributed by atoms with Crippen molar-refractivity contribution in [3.63, 3.8) is 0 Å². The molecule has 2 heterocycles. The Morgan fingerprint density at radius 2 is 1.93 bits per heavy atom. The summed E-state index contributed by atoms with van der Waals surface area (Å²) in [6, 6.07) is 11.1. The van der Waals surface area contributed by atoms with E-state index in [-0.39, 0.29) is 29.0 Å². The van der Waals surface area contributed by atoms with E-state index < -0.39 is 10.0 Å². The summed E-state index contributed by atoms with van der Waals surface area (Å²) in [5, 5.41) is 2.84. The molecule has 1 aromatic carbocycles. The van der Waals surface area contributed by atoms with Crippen molar-refractivity contribution in [1.29, 1.82) is 0 Å². The molecule has 148 valence electrons. The van der Waals surface area contributed by atoms with Gasteiger partial charge in [-0.05, 0) is 62.7 Å². The number of nitrogens with one attached hydrogen (secondary N) is 2.